The molecule has 2 aromatic heterocycles. The van der Waals surface area contributed by atoms with Crippen LogP contribution in [-0.4, -0.2) is 32.2 Å². The van der Waals surface area contributed by atoms with Crippen molar-refractivity contribution in [2.75, 3.05) is 5.32 Å². The van der Waals surface area contributed by atoms with Crippen molar-refractivity contribution < 1.29 is 9.53 Å². The Kier molecular flexibility index (Phi) is 3.62. The van der Waals surface area contributed by atoms with E-state index < -0.39 is 6.10 Å². The second kappa shape index (κ2) is 5.93. The summed E-state index contributed by atoms with van der Waals surface area (Å²) in [6.07, 6.45) is 1.49. The predicted molar refractivity (Wildman–Crippen MR) is 87.8 cm³/mol. The van der Waals surface area contributed by atoms with Crippen LogP contribution in [0.15, 0.2) is 42.6 Å². The highest BCUT2D eigenvalue weighted by Crippen LogP contribution is 2.31. The number of carbonyl (C=O) groups is 1. The van der Waals surface area contributed by atoms with Crippen LogP contribution in [0.25, 0.3) is 11.5 Å². The van der Waals surface area contributed by atoms with Crippen molar-refractivity contribution in [1.82, 2.24) is 20.2 Å². The molecule has 1 unspecified atom stereocenters. The first-order valence-electron chi connectivity index (χ1n) is 7.29. The Hall–Kier alpha value is -2.93. The minimum absolute atomic E-state index is 0.179. The molecule has 0 radical (unpaired) electrons. The third-order valence-electron chi connectivity index (χ3n) is 3.62. The number of anilines is 1. The van der Waals surface area contributed by atoms with Crippen LogP contribution in [0.4, 0.5) is 5.95 Å². The molecule has 0 saturated heterocycles. The first-order valence-corrected chi connectivity index (χ1v) is 7.66. The summed E-state index contributed by atoms with van der Waals surface area (Å²) in [7, 11) is 0. The average Bonchev–Trinajstić information content (AvgIpc) is 3.22. The van der Waals surface area contributed by atoms with Crippen molar-refractivity contribution in [2.24, 2.45) is 0 Å². The third-order valence-corrected chi connectivity index (χ3v) is 3.85. The van der Waals surface area contributed by atoms with Crippen molar-refractivity contribution in [3.8, 4) is 17.3 Å². The van der Waals surface area contributed by atoms with Crippen LogP contribution in [-0.2, 0) is 11.2 Å². The maximum absolute atomic E-state index is 12.3. The molecule has 0 fully saturated rings. The summed E-state index contributed by atoms with van der Waals surface area (Å²) < 4.78 is 5.64. The van der Waals surface area contributed by atoms with E-state index in [1.54, 1.807) is 30.5 Å². The van der Waals surface area contributed by atoms with E-state index in [4.69, 9.17) is 16.3 Å². The van der Waals surface area contributed by atoms with Gasteiger partial charge in [0.1, 0.15) is 11.4 Å². The zero-order chi connectivity index (χ0) is 16.5. The maximum atomic E-state index is 12.3. The lowest BCUT2D eigenvalue weighted by atomic mass is 10.1. The van der Waals surface area contributed by atoms with Crippen molar-refractivity contribution in [3.05, 3.63) is 53.2 Å². The van der Waals surface area contributed by atoms with E-state index in [9.17, 15) is 4.79 Å². The van der Waals surface area contributed by atoms with Crippen LogP contribution < -0.4 is 10.1 Å². The zero-order valence-corrected chi connectivity index (χ0v) is 13.1. The standard InChI is InChI=1S/C16H12ClN5O2/c17-10-4-5-12-9(7-10)8-13(24-12)15(23)20-16-19-14(21-22-16)11-3-1-2-6-18-11/h1-7,13H,8H2,(H2,19,20,21,22,23). The van der Waals surface area contributed by atoms with Crippen LogP contribution in [0.3, 0.4) is 0 Å². The number of H-pyrrole nitrogens is 1. The van der Waals surface area contributed by atoms with Crippen molar-refractivity contribution in [2.45, 2.75) is 12.5 Å². The zero-order valence-electron chi connectivity index (χ0n) is 12.4. The van der Waals surface area contributed by atoms with E-state index in [-0.39, 0.29) is 11.9 Å². The van der Waals surface area contributed by atoms with Gasteiger partial charge in [-0.05, 0) is 35.9 Å². The van der Waals surface area contributed by atoms with E-state index in [1.807, 2.05) is 12.1 Å². The molecule has 1 atom stereocenters. The van der Waals surface area contributed by atoms with E-state index in [0.717, 1.165) is 5.56 Å². The Labute approximate surface area is 142 Å². The normalized spacial score (nSPS) is 15.6. The summed E-state index contributed by atoms with van der Waals surface area (Å²) >= 11 is 5.96. The van der Waals surface area contributed by atoms with Crippen molar-refractivity contribution in [1.29, 1.82) is 0 Å². The summed E-state index contributed by atoms with van der Waals surface area (Å²) in [4.78, 5) is 20.7. The van der Waals surface area contributed by atoms with Gasteiger partial charge in [-0.3, -0.25) is 20.2 Å². The Morgan fingerprint density at radius 2 is 2.25 bits per heavy atom. The summed E-state index contributed by atoms with van der Waals surface area (Å²) in [5, 5.41) is 9.99. The quantitative estimate of drug-likeness (QED) is 0.763. The van der Waals surface area contributed by atoms with Crippen LogP contribution in [0.2, 0.25) is 5.02 Å². The second-order valence-corrected chi connectivity index (χ2v) is 5.71. The predicted octanol–water partition coefficient (Wildman–Crippen LogP) is 2.46. The van der Waals surface area contributed by atoms with Crippen LogP contribution >= 0.6 is 11.6 Å². The molecule has 0 spiro atoms. The topological polar surface area (TPSA) is 92.8 Å². The monoisotopic (exact) mass is 341 g/mol. The number of nitrogens with zero attached hydrogens (tertiary/aromatic N) is 3. The highest BCUT2D eigenvalue weighted by molar-refractivity contribution is 6.30. The summed E-state index contributed by atoms with van der Waals surface area (Å²) in [5.41, 5.74) is 1.55. The van der Waals surface area contributed by atoms with Gasteiger partial charge in [-0.15, -0.1) is 5.10 Å². The summed E-state index contributed by atoms with van der Waals surface area (Å²) in [5.74, 6) is 1.02. The molecule has 3 aromatic rings. The van der Waals surface area contributed by atoms with Gasteiger partial charge < -0.3 is 4.74 Å². The molecule has 0 saturated carbocycles. The minimum Gasteiger partial charge on any atom is -0.480 e. The number of rotatable bonds is 3. The molecule has 1 aliphatic rings. The Morgan fingerprint density at radius 3 is 3.08 bits per heavy atom. The molecule has 1 aliphatic heterocycles. The van der Waals surface area contributed by atoms with E-state index in [1.165, 1.54) is 0 Å². The highest BCUT2D eigenvalue weighted by Gasteiger charge is 2.30. The van der Waals surface area contributed by atoms with Gasteiger partial charge in [0.2, 0.25) is 5.95 Å². The molecule has 4 rings (SSSR count). The van der Waals surface area contributed by atoms with Crippen LogP contribution in [0.5, 0.6) is 5.75 Å². The lowest BCUT2D eigenvalue weighted by Gasteiger charge is -2.08. The Morgan fingerprint density at radius 1 is 1.33 bits per heavy atom. The number of fused-ring (bicyclic) bond motifs is 1. The lowest BCUT2D eigenvalue weighted by Crippen LogP contribution is -2.31. The fourth-order valence-electron chi connectivity index (χ4n) is 2.49. The van der Waals surface area contributed by atoms with Gasteiger partial charge in [0.05, 0.1) is 0 Å². The molecule has 7 nitrogen and oxygen atoms in total. The van der Waals surface area contributed by atoms with E-state index in [2.05, 4.69) is 25.5 Å². The number of amides is 1. The number of nitrogens with one attached hydrogen (secondary N) is 2. The fourth-order valence-corrected chi connectivity index (χ4v) is 2.68. The number of aromatic amines is 1. The number of aromatic nitrogens is 4. The number of carbonyl (C=O) groups excluding carboxylic acids is 1. The van der Waals surface area contributed by atoms with Crippen molar-refractivity contribution in [3.63, 3.8) is 0 Å². The fraction of sp³-hybridized carbons (Fsp3) is 0.125. The number of halogens is 1. The number of hydrogen-bond donors (Lipinski definition) is 2. The Balaban J connectivity index is 1.45. The van der Waals surface area contributed by atoms with Gasteiger partial charge in [-0.1, -0.05) is 17.7 Å². The second-order valence-electron chi connectivity index (χ2n) is 5.27. The molecule has 2 N–H and O–H groups in total. The van der Waals surface area contributed by atoms with Crippen molar-refractivity contribution >= 4 is 23.5 Å². The van der Waals surface area contributed by atoms with Gasteiger partial charge in [0, 0.05) is 17.6 Å². The van der Waals surface area contributed by atoms with Gasteiger partial charge in [-0.2, -0.15) is 4.98 Å². The van der Waals surface area contributed by atoms with E-state index >= 15 is 0 Å². The number of hydrogen-bond acceptors (Lipinski definition) is 5. The molecule has 8 heteroatoms. The smallest absolute Gasteiger partial charge is 0.268 e. The molecule has 0 aliphatic carbocycles. The van der Waals surface area contributed by atoms with Crippen LogP contribution in [0, 0.1) is 0 Å². The number of pyridine rings is 1. The SMILES string of the molecule is O=C(Nc1n[nH]c(-c2ccccn2)n1)C1Cc2cc(Cl)ccc2O1. The first kappa shape index (κ1) is 14.6. The molecule has 24 heavy (non-hydrogen) atoms. The molecule has 120 valence electrons. The van der Waals surface area contributed by atoms with Crippen LogP contribution in [0.1, 0.15) is 5.56 Å². The first-order chi connectivity index (χ1) is 11.7. The molecule has 1 aromatic carbocycles. The Bertz CT molecular complexity index is 896. The largest absolute Gasteiger partial charge is 0.480 e. The van der Waals surface area contributed by atoms with Gasteiger partial charge in [0.15, 0.2) is 11.9 Å². The molecular weight excluding hydrogens is 330 g/mol. The summed E-state index contributed by atoms with van der Waals surface area (Å²) in [6, 6.07) is 10.7. The molecule has 0 bridgehead atoms. The van der Waals surface area contributed by atoms with Gasteiger partial charge in [0.25, 0.3) is 5.91 Å². The molecule has 3 heterocycles. The number of ether oxygens (including phenoxy) is 1. The maximum Gasteiger partial charge on any atom is 0.268 e. The minimum atomic E-state index is -0.629. The third kappa shape index (κ3) is 2.81. The average molecular weight is 342 g/mol. The summed E-state index contributed by atoms with van der Waals surface area (Å²) in [6.45, 7) is 0. The van der Waals surface area contributed by atoms with E-state index in [0.29, 0.717) is 28.7 Å². The number of benzene rings is 1. The highest BCUT2D eigenvalue weighted by atomic mass is 35.5. The lowest BCUT2D eigenvalue weighted by molar-refractivity contribution is -0.122. The molecular formula is C16H12ClN5O2. The van der Waals surface area contributed by atoms with Gasteiger partial charge in [-0.25, -0.2) is 0 Å². The molecule has 1 amide bonds. The van der Waals surface area contributed by atoms with Gasteiger partial charge >= 0.3 is 0 Å².